The van der Waals surface area contributed by atoms with Gasteiger partial charge in [0.25, 0.3) is 0 Å². The highest BCUT2D eigenvalue weighted by molar-refractivity contribution is 5.67. The van der Waals surface area contributed by atoms with E-state index in [-0.39, 0.29) is 24.8 Å². The quantitative estimate of drug-likeness (QED) is 0.822. The molecule has 2 heterocycles. The molecule has 0 bridgehead atoms. The lowest BCUT2D eigenvalue weighted by Crippen LogP contribution is -2.49. The minimum absolute atomic E-state index is 0.0583. The summed E-state index contributed by atoms with van der Waals surface area (Å²) in [7, 11) is 0. The van der Waals surface area contributed by atoms with Crippen molar-refractivity contribution in [2.24, 2.45) is 0 Å². The largest absolute Gasteiger partial charge is 0.468 e. The van der Waals surface area contributed by atoms with Crippen molar-refractivity contribution in [1.82, 2.24) is 10.2 Å². The zero-order valence-corrected chi connectivity index (χ0v) is 15.1. The Morgan fingerprint density at radius 3 is 2.88 bits per heavy atom. The summed E-state index contributed by atoms with van der Waals surface area (Å²) in [6, 6.07) is 13.7. The van der Waals surface area contributed by atoms with E-state index < -0.39 is 0 Å². The van der Waals surface area contributed by atoms with Crippen LogP contribution in [0.2, 0.25) is 0 Å². The summed E-state index contributed by atoms with van der Waals surface area (Å²) < 4.78 is 16.7. The van der Waals surface area contributed by atoms with E-state index in [0.29, 0.717) is 26.2 Å². The highest BCUT2D eigenvalue weighted by atomic mass is 16.6. The SMILES string of the molecule is CCC(NCC1CN(C(=O)OCc2ccccc2)CCO1)c1ccco1. The molecule has 6 heteroatoms. The van der Waals surface area contributed by atoms with E-state index in [1.54, 1.807) is 11.2 Å². The molecule has 0 saturated carbocycles. The Hall–Kier alpha value is -2.31. The fourth-order valence-electron chi connectivity index (χ4n) is 3.03. The summed E-state index contributed by atoms with van der Waals surface area (Å²) in [6.07, 6.45) is 2.25. The van der Waals surface area contributed by atoms with E-state index in [0.717, 1.165) is 17.7 Å². The Morgan fingerprint density at radius 1 is 1.31 bits per heavy atom. The van der Waals surface area contributed by atoms with Gasteiger partial charge in [0.05, 0.1) is 31.6 Å². The summed E-state index contributed by atoms with van der Waals surface area (Å²) in [5, 5.41) is 3.46. The van der Waals surface area contributed by atoms with Gasteiger partial charge in [-0.2, -0.15) is 0 Å². The predicted molar refractivity (Wildman–Crippen MR) is 97.7 cm³/mol. The van der Waals surface area contributed by atoms with Crippen LogP contribution in [0.25, 0.3) is 0 Å². The summed E-state index contributed by atoms with van der Waals surface area (Å²) in [4.78, 5) is 14.0. The molecule has 1 aromatic carbocycles. The van der Waals surface area contributed by atoms with Crippen LogP contribution in [-0.2, 0) is 16.1 Å². The van der Waals surface area contributed by atoms with Crippen LogP contribution in [0, 0.1) is 0 Å². The Kier molecular flexibility index (Phi) is 6.68. The Labute approximate surface area is 154 Å². The summed E-state index contributed by atoms with van der Waals surface area (Å²) in [5.74, 6) is 0.919. The summed E-state index contributed by atoms with van der Waals surface area (Å²) >= 11 is 0. The fraction of sp³-hybridized carbons (Fsp3) is 0.450. The van der Waals surface area contributed by atoms with Gasteiger partial charge >= 0.3 is 6.09 Å². The van der Waals surface area contributed by atoms with Gasteiger partial charge in [-0.3, -0.25) is 0 Å². The number of rotatable bonds is 7. The molecule has 3 rings (SSSR count). The number of ether oxygens (including phenoxy) is 2. The molecule has 6 nitrogen and oxygen atoms in total. The number of hydrogen-bond acceptors (Lipinski definition) is 5. The van der Waals surface area contributed by atoms with E-state index in [1.165, 1.54) is 0 Å². The van der Waals surface area contributed by atoms with Crippen molar-refractivity contribution < 1.29 is 18.7 Å². The number of amides is 1. The Balaban J connectivity index is 1.45. The number of carbonyl (C=O) groups excluding carboxylic acids is 1. The molecule has 2 aromatic rings. The van der Waals surface area contributed by atoms with E-state index in [1.807, 2.05) is 42.5 Å². The molecule has 1 saturated heterocycles. The zero-order chi connectivity index (χ0) is 18.2. The molecule has 1 aliphatic heterocycles. The van der Waals surface area contributed by atoms with Crippen molar-refractivity contribution >= 4 is 6.09 Å². The molecule has 0 radical (unpaired) electrons. The van der Waals surface area contributed by atoms with Gasteiger partial charge in [0.15, 0.2) is 0 Å². The first-order valence-corrected chi connectivity index (χ1v) is 9.10. The second-order valence-corrected chi connectivity index (χ2v) is 6.36. The van der Waals surface area contributed by atoms with E-state index in [9.17, 15) is 4.79 Å². The molecule has 1 aliphatic rings. The molecule has 0 spiro atoms. The van der Waals surface area contributed by atoms with Crippen LogP contribution in [0.15, 0.2) is 53.1 Å². The molecular weight excluding hydrogens is 332 g/mol. The van der Waals surface area contributed by atoms with Crippen molar-refractivity contribution in [2.75, 3.05) is 26.2 Å². The molecule has 2 unspecified atom stereocenters. The zero-order valence-electron chi connectivity index (χ0n) is 15.1. The van der Waals surface area contributed by atoms with Crippen molar-refractivity contribution in [1.29, 1.82) is 0 Å². The smallest absolute Gasteiger partial charge is 0.410 e. The van der Waals surface area contributed by atoms with Crippen LogP contribution in [0.4, 0.5) is 4.79 Å². The fourth-order valence-corrected chi connectivity index (χ4v) is 3.03. The maximum absolute atomic E-state index is 12.3. The second-order valence-electron chi connectivity index (χ2n) is 6.36. The second kappa shape index (κ2) is 9.40. The van der Waals surface area contributed by atoms with E-state index in [4.69, 9.17) is 13.9 Å². The lowest BCUT2D eigenvalue weighted by molar-refractivity contribution is -0.0282. The number of hydrogen-bond donors (Lipinski definition) is 1. The van der Waals surface area contributed by atoms with Crippen LogP contribution in [-0.4, -0.2) is 43.3 Å². The van der Waals surface area contributed by atoms with Crippen LogP contribution >= 0.6 is 0 Å². The molecule has 1 amide bonds. The maximum Gasteiger partial charge on any atom is 0.410 e. The molecule has 2 atom stereocenters. The highest BCUT2D eigenvalue weighted by Crippen LogP contribution is 2.17. The third-order valence-electron chi connectivity index (χ3n) is 4.49. The van der Waals surface area contributed by atoms with Gasteiger partial charge in [-0.1, -0.05) is 37.3 Å². The molecule has 26 heavy (non-hydrogen) atoms. The Morgan fingerprint density at radius 2 is 2.15 bits per heavy atom. The number of benzene rings is 1. The first kappa shape index (κ1) is 18.5. The first-order valence-electron chi connectivity index (χ1n) is 9.10. The van der Waals surface area contributed by atoms with Crippen LogP contribution in [0.3, 0.4) is 0 Å². The molecule has 0 aliphatic carbocycles. The topological polar surface area (TPSA) is 63.9 Å². The minimum atomic E-state index is -0.291. The average Bonchev–Trinajstić information content (AvgIpc) is 3.22. The summed E-state index contributed by atoms with van der Waals surface area (Å²) in [6.45, 7) is 4.65. The maximum atomic E-state index is 12.3. The molecule has 1 fully saturated rings. The van der Waals surface area contributed by atoms with Gasteiger partial charge in [-0.25, -0.2) is 4.79 Å². The molecular formula is C20H26N2O4. The van der Waals surface area contributed by atoms with Gasteiger partial charge in [0, 0.05) is 13.1 Å². The van der Waals surface area contributed by atoms with Gasteiger partial charge in [0.1, 0.15) is 12.4 Å². The number of nitrogens with zero attached hydrogens (tertiary/aromatic N) is 1. The molecule has 1 aromatic heterocycles. The lowest BCUT2D eigenvalue weighted by atomic mass is 10.1. The monoisotopic (exact) mass is 358 g/mol. The number of furan rings is 1. The lowest BCUT2D eigenvalue weighted by Gasteiger charge is -2.33. The van der Waals surface area contributed by atoms with Gasteiger partial charge in [-0.05, 0) is 24.1 Å². The first-order chi connectivity index (χ1) is 12.8. The molecule has 140 valence electrons. The predicted octanol–water partition coefficient (Wildman–Crippen LogP) is 3.36. The van der Waals surface area contributed by atoms with Crippen molar-refractivity contribution in [3.63, 3.8) is 0 Å². The van der Waals surface area contributed by atoms with Crippen LogP contribution in [0.1, 0.15) is 30.7 Å². The van der Waals surface area contributed by atoms with Crippen LogP contribution in [0.5, 0.6) is 0 Å². The van der Waals surface area contributed by atoms with Gasteiger partial charge in [0.2, 0.25) is 0 Å². The Bertz CT molecular complexity index is 660. The van der Waals surface area contributed by atoms with E-state index >= 15 is 0 Å². The summed E-state index contributed by atoms with van der Waals surface area (Å²) in [5.41, 5.74) is 0.983. The van der Waals surface area contributed by atoms with Gasteiger partial charge in [-0.15, -0.1) is 0 Å². The standard InChI is InChI=1S/C20H26N2O4/c1-2-18(19-9-6-11-25-19)21-13-17-14-22(10-12-24-17)20(23)26-15-16-7-4-3-5-8-16/h3-9,11,17-18,21H,2,10,12-15H2,1H3. The van der Waals surface area contributed by atoms with Crippen molar-refractivity contribution in [3.8, 4) is 0 Å². The highest BCUT2D eigenvalue weighted by Gasteiger charge is 2.26. The third kappa shape index (κ3) is 5.09. The third-order valence-corrected chi connectivity index (χ3v) is 4.49. The van der Waals surface area contributed by atoms with E-state index in [2.05, 4.69) is 12.2 Å². The normalized spacial score (nSPS) is 18.5. The number of carbonyl (C=O) groups is 1. The van der Waals surface area contributed by atoms with Crippen molar-refractivity contribution in [2.45, 2.75) is 32.1 Å². The van der Waals surface area contributed by atoms with Gasteiger partial charge < -0.3 is 24.1 Å². The number of morpholine rings is 1. The minimum Gasteiger partial charge on any atom is -0.468 e. The number of nitrogens with one attached hydrogen (secondary N) is 1. The van der Waals surface area contributed by atoms with Crippen molar-refractivity contribution in [3.05, 3.63) is 60.1 Å². The molecule has 1 N–H and O–H groups in total. The average molecular weight is 358 g/mol. The van der Waals surface area contributed by atoms with Crippen LogP contribution < -0.4 is 5.32 Å².